The van der Waals surface area contributed by atoms with Crippen LogP contribution in [0.3, 0.4) is 0 Å². The number of hydrogen-bond donors (Lipinski definition) is 1. The van der Waals surface area contributed by atoms with Gasteiger partial charge in [-0.15, -0.1) is 5.11 Å². The Kier molecular flexibility index (Phi) is 4.87. The second kappa shape index (κ2) is 7.63. The molecule has 7 heteroatoms. The number of aryl methyl sites for hydroxylation is 2. The molecular weight excluding hydrogens is 364 g/mol. The third-order valence-electron chi connectivity index (χ3n) is 4.51. The highest BCUT2D eigenvalue weighted by Crippen LogP contribution is 2.41. The number of azo groups is 1. The van der Waals surface area contributed by atoms with Crippen LogP contribution >= 0.6 is 0 Å². The lowest BCUT2D eigenvalue weighted by molar-refractivity contribution is 0.482. The third-order valence-corrected chi connectivity index (χ3v) is 4.51. The lowest BCUT2D eigenvalue weighted by atomic mass is 10.1. The molecule has 0 spiro atoms. The number of phenolic OH excluding ortho intramolecular Hbond substituents is 1. The topological polar surface area (TPSA) is 86.9 Å². The number of aromatic nitrogens is 3. The molecule has 29 heavy (non-hydrogen) atoms. The van der Waals surface area contributed by atoms with Gasteiger partial charge in [-0.1, -0.05) is 36.4 Å². The maximum atomic E-state index is 11.0. The number of anilines is 2. The van der Waals surface area contributed by atoms with Crippen LogP contribution in [-0.2, 0) is 0 Å². The van der Waals surface area contributed by atoms with Crippen LogP contribution in [-0.4, -0.2) is 27.1 Å². The van der Waals surface area contributed by atoms with Crippen LogP contribution in [0.2, 0.25) is 0 Å². The molecule has 0 bridgehead atoms. The smallest absolute Gasteiger partial charge is 0.233 e. The average Bonchev–Trinajstić information content (AvgIpc) is 2.72. The molecule has 0 unspecified atom stereocenters. The van der Waals surface area contributed by atoms with E-state index in [1.54, 1.807) is 6.07 Å². The summed E-state index contributed by atoms with van der Waals surface area (Å²) in [5, 5.41) is 21.0. The molecule has 0 saturated heterocycles. The predicted molar refractivity (Wildman–Crippen MR) is 114 cm³/mol. The highest BCUT2D eigenvalue weighted by Gasteiger charge is 2.16. The van der Waals surface area contributed by atoms with Gasteiger partial charge in [0.05, 0.1) is 11.4 Å². The Balaban J connectivity index is 1.82. The minimum atomic E-state index is 0.0622. The Hall–Kier alpha value is -3.87. The minimum absolute atomic E-state index is 0.0622. The number of aromatic hydroxyl groups is 1. The predicted octanol–water partition coefficient (Wildman–Crippen LogP) is 5.53. The van der Waals surface area contributed by atoms with Gasteiger partial charge in [-0.2, -0.15) is 15.1 Å². The lowest BCUT2D eigenvalue weighted by Crippen LogP contribution is -2.15. The van der Waals surface area contributed by atoms with Crippen molar-refractivity contribution in [3.05, 3.63) is 72.3 Å². The van der Waals surface area contributed by atoms with E-state index in [0.717, 1.165) is 11.1 Å². The summed E-state index contributed by atoms with van der Waals surface area (Å²) in [6.07, 6.45) is 0. The maximum absolute atomic E-state index is 11.0. The van der Waals surface area contributed by atoms with Gasteiger partial charge < -0.3 is 10.0 Å². The highest BCUT2D eigenvalue weighted by molar-refractivity contribution is 6.02. The molecule has 0 amide bonds. The van der Waals surface area contributed by atoms with Gasteiger partial charge in [0.25, 0.3) is 0 Å². The second-order valence-corrected chi connectivity index (χ2v) is 6.63. The van der Waals surface area contributed by atoms with E-state index in [9.17, 15) is 5.11 Å². The van der Waals surface area contributed by atoms with Crippen molar-refractivity contribution < 1.29 is 5.11 Å². The number of fused-ring (bicyclic) bond motifs is 1. The molecule has 0 aliphatic heterocycles. The molecule has 4 aromatic rings. The Morgan fingerprint density at radius 3 is 2.24 bits per heavy atom. The van der Waals surface area contributed by atoms with Crippen molar-refractivity contribution in [2.45, 2.75) is 13.8 Å². The molecule has 4 rings (SSSR count). The third kappa shape index (κ3) is 3.75. The zero-order valence-electron chi connectivity index (χ0n) is 16.4. The fraction of sp³-hybridized carbons (Fsp3) is 0.136. The average molecular weight is 384 g/mol. The molecule has 0 radical (unpaired) electrons. The zero-order valence-corrected chi connectivity index (χ0v) is 16.4. The molecule has 1 aromatic heterocycles. The van der Waals surface area contributed by atoms with Gasteiger partial charge in [0.15, 0.2) is 5.75 Å². The van der Waals surface area contributed by atoms with Gasteiger partial charge in [-0.05, 0) is 43.5 Å². The van der Waals surface area contributed by atoms with Crippen molar-refractivity contribution in [1.82, 2.24) is 15.0 Å². The largest absolute Gasteiger partial charge is 0.505 e. The Labute approximate surface area is 168 Å². The number of hydrogen-bond acceptors (Lipinski definition) is 7. The quantitative estimate of drug-likeness (QED) is 0.467. The first-order chi connectivity index (χ1) is 14.0. The molecule has 0 aliphatic carbocycles. The number of benzene rings is 3. The fourth-order valence-electron chi connectivity index (χ4n) is 3.15. The van der Waals surface area contributed by atoms with Crippen LogP contribution in [0.15, 0.2) is 70.9 Å². The molecule has 0 saturated carbocycles. The van der Waals surface area contributed by atoms with Gasteiger partial charge >= 0.3 is 0 Å². The summed E-state index contributed by atoms with van der Waals surface area (Å²) in [4.78, 5) is 14.9. The molecule has 0 atom stereocenters. The number of phenols is 1. The fourth-order valence-corrected chi connectivity index (χ4v) is 3.15. The van der Waals surface area contributed by atoms with Crippen LogP contribution in [0.5, 0.6) is 5.75 Å². The lowest BCUT2D eigenvalue weighted by Gasteiger charge is -2.20. The molecule has 1 N–H and O–H groups in total. The van der Waals surface area contributed by atoms with E-state index in [0.29, 0.717) is 34.4 Å². The van der Waals surface area contributed by atoms with Gasteiger partial charge in [0.2, 0.25) is 5.95 Å². The van der Waals surface area contributed by atoms with Crippen LogP contribution in [0.4, 0.5) is 23.0 Å². The molecule has 1 heterocycles. The standard InChI is InChI=1S/C22H20N6O/c1-14-23-15(2)25-22(24-14)28(3)19-11-7-8-16-12-13-18(21(29)20(16)19)27-26-17-9-5-4-6-10-17/h4-13,29H,1-3H3. The first-order valence-electron chi connectivity index (χ1n) is 9.17. The van der Waals surface area contributed by atoms with E-state index >= 15 is 0 Å². The van der Waals surface area contributed by atoms with Crippen molar-refractivity contribution in [3.8, 4) is 5.75 Å². The summed E-state index contributed by atoms with van der Waals surface area (Å²) >= 11 is 0. The van der Waals surface area contributed by atoms with Gasteiger partial charge in [0, 0.05) is 12.4 Å². The SMILES string of the molecule is Cc1nc(C)nc(N(C)c2cccc3ccc(N=Nc4ccccc4)c(O)c23)n1. The summed E-state index contributed by atoms with van der Waals surface area (Å²) in [6, 6.07) is 18.8. The number of rotatable bonds is 4. The van der Waals surface area contributed by atoms with E-state index in [-0.39, 0.29) is 5.75 Å². The molecule has 7 nitrogen and oxygen atoms in total. The molecule has 0 aliphatic rings. The summed E-state index contributed by atoms with van der Waals surface area (Å²) in [5.74, 6) is 1.85. The van der Waals surface area contributed by atoms with Crippen molar-refractivity contribution in [1.29, 1.82) is 0 Å². The van der Waals surface area contributed by atoms with E-state index in [4.69, 9.17) is 0 Å². The van der Waals surface area contributed by atoms with Gasteiger partial charge in [-0.25, -0.2) is 4.98 Å². The Bertz CT molecular complexity index is 1190. The van der Waals surface area contributed by atoms with E-state index in [2.05, 4.69) is 25.2 Å². The first kappa shape index (κ1) is 18.5. The summed E-state index contributed by atoms with van der Waals surface area (Å²) in [7, 11) is 1.86. The molecule has 0 fully saturated rings. The Morgan fingerprint density at radius 1 is 0.793 bits per heavy atom. The second-order valence-electron chi connectivity index (χ2n) is 6.63. The van der Waals surface area contributed by atoms with E-state index < -0.39 is 0 Å². The summed E-state index contributed by atoms with van der Waals surface area (Å²) in [5.41, 5.74) is 1.88. The van der Waals surface area contributed by atoms with Crippen molar-refractivity contribution in [2.24, 2.45) is 10.2 Å². The van der Waals surface area contributed by atoms with Gasteiger partial charge in [0.1, 0.15) is 17.3 Å². The van der Waals surface area contributed by atoms with Crippen LogP contribution in [0.25, 0.3) is 10.8 Å². The van der Waals surface area contributed by atoms with Crippen molar-refractivity contribution in [2.75, 3.05) is 11.9 Å². The van der Waals surface area contributed by atoms with E-state index in [1.807, 2.05) is 80.4 Å². The normalized spacial score (nSPS) is 11.3. The summed E-state index contributed by atoms with van der Waals surface area (Å²) < 4.78 is 0. The zero-order chi connectivity index (χ0) is 20.4. The first-order valence-corrected chi connectivity index (χ1v) is 9.17. The maximum Gasteiger partial charge on any atom is 0.233 e. The molecule has 144 valence electrons. The van der Waals surface area contributed by atoms with Crippen molar-refractivity contribution in [3.63, 3.8) is 0 Å². The van der Waals surface area contributed by atoms with E-state index in [1.165, 1.54) is 0 Å². The van der Waals surface area contributed by atoms with Gasteiger partial charge in [-0.3, -0.25) is 0 Å². The van der Waals surface area contributed by atoms with Crippen LogP contribution < -0.4 is 4.90 Å². The van der Waals surface area contributed by atoms with Crippen LogP contribution in [0, 0.1) is 13.8 Å². The highest BCUT2D eigenvalue weighted by atomic mass is 16.3. The number of nitrogens with zero attached hydrogens (tertiary/aromatic N) is 6. The Morgan fingerprint density at radius 2 is 1.52 bits per heavy atom. The minimum Gasteiger partial charge on any atom is -0.505 e. The van der Waals surface area contributed by atoms with Crippen molar-refractivity contribution >= 4 is 33.8 Å². The summed E-state index contributed by atoms with van der Waals surface area (Å²) in [6.45, 7) is 3.66. The monoisotopic (exact) mass is 384 g/mol. The van der Waals surface area contributed by atoms with Crippen LogP contribution in [0.1, 0.15) is 11.6 Å². The molecule has 3 aromatic carbocycles. The molecular formula is C22H20N6O.